The summed E-state index contributed by atoms with van der Waals surface area (Å²) in [5.74, 6) is -3.07. The molecule has 1 aliphatic rings. The van der Waals surface area contributed by atoms with Gasteiger partial charge in [-0.3, -0.25) is 0 Å². The summed E-state index contributed by atoms with van der Waals surface area (Å²) in [5, 5.41) is 14.8. The second kappa shape index (κ2) is 9.39. The average molecular weight is 337 g/mol. The van der Waals surface area contributed by atoms with Crippen molar-refractivity contribution in [1.29, 1.82) is 0 Å². The van der Waals surface area contributed by atoms with E-state index in [2.05, 4.69) is 44.2 Å². The van der Waals surface area contributed by atoms with Gasteiger partial charge in [0.15, 0.2) is 0 Å². The van der Waals surface area contributed by atoms with Crippen molar-refractivity contribution in [3.63, 3.8) is 0 Å². The van der Waals surface area contributed by atoms with Crippen molar-refractivity contribution >= 4 is 11.9 Å². The van der Waals surface area contributed by atoms with Gasteiger partial charge in [0.2, 0.25) is 0 Å². The van der Waals surface area contributed by atoms with Gasteiger partial charge in [-0.25, -0.2) is 9.59 Å². The summed E-state index contributed by atoms with van der Waals surface area (Å²) >= 11 is 0. The Morgan fingerprint density at radius 3 is 2.29 bits per heavy atom. The molecule has 1 aromatic carbocycles. The molecule has 1 saturated heterocycles. The highest BCUT2D eigenvalue weighted by Crippen LogP contribution is 2.41. The van der Waals surface area contributed by atoms with Crippen LogP contribution in [0.2, 0.25) is 0 Å². The maximum Gasteiger partial charge on any atom is 0.414 e. The topological polar surface area (TPSA) is 110 Å². The molecule has 24 heavy (non-hydrogen) atoms. The molecule has 0 aliphatic carbocycles. The summed E-state index contributed by atoms with van der Waals surface area (Å²) in [4.78, 5) is 18.2. The summed E-state index contributed by atoms with van der Waals surface area (Å²) in [6.45, 7) is 6.10. The van der Waals surface area contributed by atoms with Crippen molar-refractivity contribution in [2.75, 3.05) is 13.2 Å². The van der Waals surface area contributed by atoms with E-state index in [9.17, 15) is 0 Å². The van der Waals surface area contributed by atoms with Gasteiger partial charge in [0, 0.05) is 12.0 Å². The number of benzene rings is 1. The fourth-order valence-electron chi connectivity index (χ4n) is 3.08. The zero-order valence-electron chi connectivity index (χ0n) is 14.3. The minimum Gasteiger partial charge on any atom is -0.473 e. The minimum atomic E-state index is -1.82. The second-order valence-electron chi connectivity index (χ2n) is 6.40. The van der Waals surface area contributed by atoms with Crippen LogP contribution in [0.25, 0.3) is 0 Å². The first-order chi connectivity index (χ1) is 11.3. The van der Waals surface area contributed by atoms with E-state index in [1.807, 2.05) is 0 Å². The van der Waals surface area contributed by atoms with Gasteiger partial charge in [-0.15, -0.1) is 0 Å². The van der Waals surface area contributed by atoms with Crippen LogP contribution in [-0.2, 0) is 19.7 Å². The van der Waals surface area contributed by atoms with Gasteiger partial charge in [0.1, 0.15) is 0 Å². The van der Waals surface area contributed by atoms with Crippen LogP contribution in [0.5, 0.6) is 0 Å². The van der Waals surface area contributed by atoms with Gasteiger partial charge in [-0.1, -0.05) is 44.2 Å². The molecule has 1 heterocycles. The molecule has 2 rings (SSSR count). The SMILES string of the molecule is CC(C)C1CC(CCN)(c2ccccc2)CCO1.O=C(O)C(=O)O. The lowest BCUT2D eigenvalue weighted by molar-refractivity contribution is -0.159. The van der Waals surface area contributed by atoms with Gasteiger partial charge < -0.3 is 20.7 Å². The lowest BCUT2D eigenvalue weighted by Gasteiger charge is -2.43. The molecule has 0 spiro atoms. The molecule has 0 aromatic heterocycles. The molecular weight excluding hydrogens is 310 g/mol. The highest BCUT2D eigenvalue weighted by Gasteiger charge is 2.38. The van der Waals surface area contributed by atoms with Crippen LogP contribution in [0.4, 0.5) is 0 Å². The number of hydrogen-bond donors (Lipinski definition) is 3. The molecule has 2 unspecified atom stereocenters. The van der Waals surface area contributed by atoms with Crippen molar-refractivity contribution in [2.24, 2.45) is 11.7 Å². The number of carbonyl (C=O) groups is 2. The molecule has 0 radical (unpaired) electrons. The summed E-state index contributed by atoms with van der Waals surface area (Å²) < 4.78 is 5.92. The van der Waals surface area contributed by atoms with Crippen LogP contribution in [0, 0.1) is 5.92 Å². The van der Waals surface area contributed by atoms with Crippen molar-refractivity contribution in [3.8, 4) is 0 Å². The Labute approximate surface area is 142 Å². The molecule has 134 valence electrons. The average Bonchev–Trinajstić information content (AvgIpc) is 2.56. The smallest absolute Gasteiger partial charge is 0.414 e. The zero-order valence-corrected chi connectivity index (χ0v) is 14.3. The largest absolute Gasteiger partial charge is 0.473 e. The maximum absolute atomic E-state index is 9.10. The van der Waals surface area contributed by atoms with E-state index in [0.717, 1.165) is 32.4 Å². The molecule has 0 amide bonds. The molecular formula is C18H27NO5. The third kappa shape index (κ3) is 5.62. The first-order valence-electron chi connectivity index (χ1n) is 8.16. The second-order valence-corrected chi connectivity index (χ2v) is 6.40. The van der Waals surface area contributed by atoms with E-state index in [1.54, 1.807) is 0 Å². The number of carboxylic acid groups (broad SMARTS) is 2. The Balaban J connectivity index is 0.000000413. The van der Waals surface area contributed by atoms with E-state index in [1.165, 1.54) is 5.56 Å². The molecule has 6 nitrogen and oxygen atoms in total. The number of carboxylic acids is 2. The van der Waals surface area contributed by atoms with Crippen LogP contribution in [0.1, 0.15) is 38.7 Å². The normalized spacial score (nSPS) is 23.2. The molecule has 0 saturated carbocycles. The molecule has 4 N–H and O–H groups in total. The number of rotatable bonds is 4. The van der Waals surface area contributed by atoms with Crippen LogP contribution in [0.3, 0.4) is 0 Å². The standard InChI is InChI=1S/C16H25NO.C2H2O4/c1-13(2)15-12-16(8-10-17,9-11-18-15)14-6-4-3-5-7-14;3-1(4)2(5)6/h3-7,13,15H,8-12,17H2,1-2H3;(H,3,4)(H,5,6). The first-order valence-corrected chi connectivity index (χ1v) is 8.16. The Morgan fingerprint density at radius 2 is 1.83 bits per heavy atom. The summed E-state index contributed by atoms with van der Waals surface area (Å²) in [5.41, 5.74) is 7.52. The zero-order chi connectivity index (χ0) is 18.2. The molecule has 1 aliphatic heterocycles. The van der Waals surface area contributed by atoms with E-state index in [-0.39, 0.29) is 5.41 Å². The summed E-state index contributed by atoms with van der Waals surface area (Å²) in [7, 11) is 0. The van der Waals surface area contributed by atoms with E-state index in [4.69, 9.17) is 30.3 Å². The summed E-state index contributed by atoms with van der Waals surface area (Å²) in [6, 6.07) is 10.8. The molecule has 6 heteroatoms. The van der Waals surface area contributed by atoms with Crippen LogP contribution < -0.4 is 5.73 Å². The quantitative estimate of drug-likeness (QED) is 0.727. The van der Waals surface area contributed by atoms with Gasteiger partial charge in [-0.2, -0.15) is 0 Å². The van der Waals surface area contributed by atoms with E-state index in [0.29, 0.717) is 12.0 Å². The summed E-state index contributed by atoms with van der Waals surface area (Å²) in [6.07, 6.45) is 3.62. The molecule has 0 bridgehead atoms. The Bertz CT molecular complexity index is 515. The van der Waals surface area contributed by atoms with Gasteiger partial charge in [-0.05, 0) is 37.3 Å². The van der Waals surface area contributed by atoms with Crippen LogP contribution in [-0.4, -0.2) is 41.4 Å². The van der Waals surface area contributed by atoms with Crippen LogP contribution in [0.15, 0.2) is 30.3 Å². The van der Waals surface area contributed by atoms with Gasteiger partial charge >= 0.3 is 11.9 Å². The van der Waals surface area contributed by atoms with Crippen molar-refractivity contribution in [3.05, 3.63) is 35.9 Å². The maximum atomic E-state index is 9.10. The Kier molecular flexibility index (Phi) is 7.88. The third-order valence-corrected chi connectivity index (χ3v) is 4.44. The molecule has 1 fully saturated rings. The molecule has 1 aromatic rings. The Hall–Kier alpha value is -1.92. The highest BCUT2D eigenvalue weighted by atomic mass is 16.5. The highest BCUT2D eigenvalue weighted by molar-refractivity contribution is 6.27. The Morgan fingerprint density at radius 1 is 1.25 bits per heavy atom. The van der Waals surface area contributed by atoms with Gasteiger partial charge in [0.25, 0.3) is 0 Å². The number of nitrogens with two attached hydrogens (primary N) is 1. The first kappa shape index (κ1) is 20.1. The fraction of sp³-hybridized carbons (Fsp3) is 0.556. The number of ether oxygens (including phenoxy) is 1. The van der Waals surface area contributed by atoms with Crippen molar-refractivity contribution in [1.82, 2.24) is 0 Å². The monoisotopic (exact) mass is 337 g/mol. The predicted molar refractivity (Wildman–Crippen MR) is 90.9 cm³/mol. The molecule has 2 atom stereocenters. The van der Waals surface area contributed by atoms with Crippen molar-refractivity contribution < 1.29 is 24.5 Å². The van der Waals surface area contributed by atoms with Gasteiger partial charge in [0.05, 0.1) is 6.10 Å². The van der Waals surface area contributed by atoms with E-state index >= 15 is 0 Å². The lowest BCUT2D eigenvalue weighted by atomic mass is 9.69. The number of aliphatic carboxylic acids is 2. The minimum absolute atomic E-state index is 0.225. The predicted octanol–water partition coefficient (Wildman–Crippen LogP) is 2.26. The third-order valence-electron chi connectivity index (χ3n) is 4.44. The lowest BCUT2D eigenvalue weighted by Crippen LogP contribution is -2.42. The van der Waals surface area contributed by atoms with Crippen LogP contribution >= 0.6 is 0 Å². The van der Waals surface area contributed by atoms with Crippen molar-refractivity contribution in [2.45, 2.75) is 44.6 Å². The number of hydrogen-bond acceptors (Lipinski definition) is 4. The fourth-order valence-corrected chi connectivity index (χ4v) is 3.08. The van der Waals surface area contributed by atoms with E-state index < -0.39 is 11.9 Å².